The molecule has 1 amide bonds. The summed E-state index contributed by atoms with van der Waals surface area (Å²) in [6.45, 7) is 1.94. The number of rotatable bonds is 6. The fraction of sp³-hybridized carbons (Fsp3) is 0.130. The fourth-order valence-corrected chi connectivity index (χ4v) is 3.12. The maximum absolute atomic E-state index is 12.3. The van der Waals surface area contributed by atoms with Gasteiger partial charge in [-0.2, -0.15) is 0 Å². The topological polar surface area (TPSA) is 56.1 Å². The lowest BCUT2D eigenvalue weighted by atomic mass is 10.1. The molecule has 0 spiro atoms. The summed E-state index contributed by atoms with van der Waals surface area (Å²) in [6.07, 6.45) is 5.39. The largest absolute Gasteiger partial charge is 0.484 e. The van der Waals surface area contributed by atoms with Crippen LogP contribution in [0.1, 0.15) is 18.5 Å². The molecule has 5 nitrogen and oxygen atoms in total. The highest BCUT2D eigenvalue weighted by Gasteiger charge is 2.10. The number of hydrogen-bond donors (Lipinski definition) is 1. The van der Waals surface area contributed by atoms with Gasteiger partial charge < -0.3 is 14.6 Å². The summed E-state index contributed by atoms with van der Waals surface area (Å²) in [4.78, 5) is 16.3. The SMILES string of the molecule is C[C@@H](NC(=O)COc1ccc2ccccc2c1)c1ccc(-n2ccnc2)cc1. The van der Waals surface area contributed by atoms with Gasteiger partial charge in [-0.25, -0.2) is 4.98 Å². The molecule has 5 heteroatoms. The fourth-order valence-electron chi connectivity index (χ4n) is 3.12. The standard InChI is InChI=1S/C23H21N3O2/c1-17(18-6-9-21(10-7-18)26-13-12-24-16-26)25-23(27)15-28-22-11-8-19-4-2-3-5-20(19)14-22/h2-14,16-17H,15H2,1H3,(H,25,27)/t17-/m1/s1. The summed E-state index contributed by atoms with van der Waals surface area (Å²) in [5.74, 6) is 0.533. The molecule has 0 aliphatic heterocycles. The Morgan fingerprint density at radius 2 is 1.86 bits per heavy atom. The number of fused-ring (bicyclic) bond motifs is 1. The van der Waals surface area contributed by atoms with E-state index in [1.54, 1.807) is 12.5 Å². The Morgan fingerprint density at radius 1 is 1.07 bits per heavy atom. The smallest absolute Gasteiger partial charge is 0.258 e. The molecule has 0 aliphatic rings. The van der Waals surface area contributed by atoms with E-state index < -0.39 is 0 Å². The number of carbonyl (C=O) groups excluding carboxylic acids is 1. The van der Waals surface area contributed by atoms with Crippen molar-refractivity contribution in [3.8, 4) is 11.4 Å². The highest BCUT2D eigenvalue weighted by Crippen LogP contribution is 2.20. The predicted octanol–water partition coefficient (Wildman–Crippen LogP) is 4.28. The van der Waals surface area contributed by atoms with Gasteiger partial charge in [-0.1, -0.05) is 42.5 Å². The third-order valence-corrected chi connectivity index (χ3v) is 4.66. The molecule has 3 aromatic carbocycles. The van der Waals surface area contributed by atoms with Crippen molar-refractivity contribution >= 4 is 16.7 Å². The molecule has 4 rings (SSSR count). The van der Waals surface area contributed by atoms with Crippen LogP contribution >= 0.6 is 0 Å². The van der Waals surface area contributed by atoms with E-state index in [2.05, 4.69) is 10.3 Å². The van der Waals surface area contributed by atoms with Crippen molar-refractivity contribution in [3.63, 3.8) is 0 Å². The second-order valence-electron chi connectivity index (χ2n) is 6.65. The molecule has 0 fully saturated rings. The molecule has 1 N–H and O–H groups in total. The minimum atomic E-state index is -0.153. The van der Waals surface area contributed by atoms with Gasteiger partial charge in [0.15, 0.2) is 6.61 Å². The van der Waals surface area contributed by atoms with Gasteiger partial charge in [0.05, 0.1) is 12.4 Å². The molecule has 1 aromatic heterocycles. The maximum Gasteiger partial charge on any atom is 0.258 e. The highest BCUT2D eigenvalue weighted by atomic mass is 16.5. The van der Waals surface area contributed by atoms with Crippen molar-refractivity contribution < 1.29 is 9.53 Å². The lowest BCUT2D eigenvalue weighted by Crippen LogP contribution is -2.31. The van der Waals surface area contributed by atoms with Crippen LogP contribution in [-0.2, 0) is 4.79 Å². The Hall–Kier alpha value is -3.60. The van der Waals surface area contributed by atoms with E-state index in [1.807, 2.05) is 84.4 Å². The quantitative estimate of drug-likeness (QED) is 0.550. The third-order valence-electron chi connectivity index (χ3n) is 4.66. The third kappa shape index (κ3) is 4.04. The van der Waals surface area contributed by atoms with E-state index in [-0.39, 0.29) is 18.6 Å². The Labute approximate surface area is 163 Å². The zero-order chi connectivity index (χ0) is 19.3. The molecule has 0 saturated heterocycles. The summed E-state index contributed by atoms with van der Waals surface area (Å²) in [5, 5.41) is 5.21. The monoisotopic (exact) mass is 371 g/mol. The molecule has 0 unspecified atom stereocenters. The van der Waals surface area contributed by atoms with Crippen molar-refractivity contribution in [2.75, 3.05) is 6.61 Å². The predicted molar refractivity (Wildman–Crippen MR) is 110 cm³/mol. The van der Waals surface area contributed by atoms with E-state index in [9.17, 15) is 4.79 Å². The normalized spacial score (nSPS) is 11.9. The number of benzene rings is 3. The number of nitrogens with zero attached hydrogens (tertiary/aromatic N) is 2. The average molecular weight is 371 g/mol. The zero-order valence-corrected chi connectivity index (χ0v) is 15.6. The Morgan fingerprint density at radius 3 is 2.61 bits per heavy atom. The van der Waals surface area contributed by atoms with Gasteiger partial charge in [-0.3, -0.25) is 4.79 Å². The van der Waals surface area contributed by atoms with E-state index >= 15 is 0 Å². The summed E-state index contributed by atoms with van der Waals surface area (Å²) >= 11 is 0. The Bertz CT molecular complexity index is 1070. The van der Waals surface area contributed by atoms with Crippen LogP contribution in [0.5, 0.6) is 5.75 Å². The molecule has 0 aliphatic carbocycles. The molecule has 1 heterocycles. The Kier molecular flexibility index (Phi) is 5.06. The zero-order valence-electron chi connectivity index (χ0n) is 15.6. The van der Waals surface area contributed by atoms with Crippen LogP contribution in [-0.4, -0.2) is 22.1 Å². The van der Waals surface area contributed by atoms with Crippen LogP contribution in [0, 0.1) is 0 Å². The summed E-state index contributed by atoms with van der Waals surface area (Å²) in [6, 6.07) is 21.8. The van der Waals surface area contributed by atoms with Crippen LogP contribution in [0.2, 0.25) is 0 Å². The van der Waals surface area contributed by atoms with Crippen molar-refractivity contribution in [2.45, 2.75) is 13.0 Å². The van der Waals surface area contributed by atoms with E-state index in [0.29, 0.717) is 5.75 Å². The first kappa shape index (κ1) is 17.8. The maximum atomic E-state index is 12.3. The molecule has 28 heavy (non-hydrogen) atoms. The first-order valence-electron chi connectivity index (χ1n) is 9.18. The van der Waals surface area contributed by atoms with Gasteiger partial charge >= 0.3 is 0 Å². The second-order valence-corrected chi connectivity index (χ2v) is 6.65. The average Bonchev–Trinajstić information content (AvgIpc) is 3.27. The summed E-state index contributed by atoms with van der Waals surface area (Å²) in [5.41, 5.74) is 2.06. The Balaban J connectivity index is 1.33. The molecular formula is C23H21N3O2. The number of imidazole rings is 1. The summed E-state index contributed by atoms with van der Waals surface area (Å²) in [7, 11) is 0. The number of nitrogens with one attached hydrogen (secondary N) is 1. The molecule has 1 atom stereocenters. The minimum Gasteiger partial charge on any atom is -0.484 e. The van der Waals surface area contributed by atoms with Crippen LogP contribution in [0.15, 0.2) is 85.5 Å². The first-order chi connectivity index (χ1) is 13.7. The van der Waals surface area contributed by atoms with Gasteiger partial charge in [0.2, 0.25) is 0 Å². The number of hydrogen-bond acceptors (Lipinski definition) is 3. The van der Waals surface area contributed by atoms with Crippen LogP contribution in [0.25, 0.3) is 16.5 Å². The molecular weight excluding hydrogens is 350 g/mol. The van der Waals surface area contributed by atoms with Gasteiger partial charge in [-0.15, -0.1) is 0 Å². The van der Waals surface area contributed by atoms with E-state index in [4.69, 9.17) is 4.74 Å². The van der Waals surface area contributed by atoms with Crippen LogP contribution in [0.4, 0.5) is 0 Å². The van der Waals surface area contributed by atoms with Gasteiger partial charge in [0, 0.05) is 18.1 Å². The van der Waals surface area contributed by atoms with Gasteiger partial charge in [0.1, 0.15) is 5.75 Å². The van der Waals surface area contributed by atoms with E-state index in [1.165, 1.54) is 0 Å². The molecule has 4 aromatic rings. The van der Waals surface area contributed by atoms with Crippen molar-refractivity contribution in [3.05, 3.63) is 91.0 Å². The summed E-state index contributed by atoms with van der Waals surface area (Å²) < 4.78 is 7.59. The second kappa shape index (κ2) is 7.96. The minimum absolute atomic E-state index is 0.0181. The molecule has 140 valence electrons. The molecule has 0 saturated carbocycles. The van der Waals surface area contributed by atoms with Crippen molar-refractivity contribution in [1.82, 2.24) is 14.9 Å². The van der Waals surface area contributed by atoms with Gasteiger partial charge in [-0.05, 0) is 47.5 Å². The number of aromatic nitrogens is 2. The molecule has 0 bridgehead atoms. The van der Waals surface area contributed by atoms with Crippen LogP contribution < -0.4 is 10.1 Å². The highest BCUT2D eigenvalue weighted by molar-refractivity contribution is 5.84. The van der Waals surface area contributed by atoms with Crippen molar-refractivity contribution in [1.29, 1.82) is 0 Å². The lowest BCUT2D eigenvalue weighted by molar-refractivity contribution is -0.123. The number of carbonyl (C=O) groups is 1. The number of ether oxygens (including phenoxy) is 1. The van der Waals surface area contributed by atoms with E-state index in [0.717, 1.165) is 22.0 Å². The molecule has 0 radical (unpaired) electrons. The lowest BCUT2D eigenvalue weighted by Gasteiger charge is -2.15. The van der Waals surface area contributed by atoms with Gasteiger partial charge in [0.25, 0.3) is 5.91 Å². The number of amides is 1. The van der Waals surface area contributed by atoms with Crippen molar-refractivity contribution in [2.24, 2.45) is 0 Å². The van der Waals surface area contributed by atoms with Crippen LogP contribution in [0.3, 0.4) is 0 Å². The first-order valence-corrected chi connectivity index (χ1v) is 9.18.